The van der Waals surface area contributed by atoms with E-state index in [-0.39, 0.29) is 30.3 Å². The Balaban J connectivity index is 1.81. The van der Waals surface area contributed by atoms with E-state index in [1.807, 2.05) is 0 Å². The maximum atomic E-state index is 13.5. The van der Waals surface area contributed by atoms with Gasteiger partial charge in [-0.15, -0.1) is 0 Å². The number of anilines is 1. The molecule has 0 aliphatic rings. The summed E-state index contributed by atoms with van der Waals surface area (Å²) in [5.74, 6) is -0.0601. The number of hydrogen-bond donors (Lipinski definition) is 1. The number of ether oxygens (including phenoxy) is 1. The molecule has 2 N–H and O–H groups in total. The minimum atomic E-state index is -0.352. The van der Waals surface area contributed by atoms with Crippen molar-refractivity contribution in [2.45, 2.75) is 6.61 Å². The van der Waals surface area contributed by atoms with Gasteiger partial charge in [0.05, 0.1) is 0 Å². The summed E-state index contributed by atoms with van der Waals surface area (Å²) in [4.78, 5) is 15.8. The summed E-state index contributed by atoms with van der Waals surface area (Å²) in [6, 6.07) is 6.33. The van der Waals surface area contributed by atoms with E-state index < -0.39 is 0 Å². The van der Waals surface area contributed by atoms with Crippen LogP contribution in [0, 0.1) is 5.82 Å². The molecule has 7 nitrogen and oxygen atoms in total. The molecular formula is C13H11FN6O. The van der Waals surface area contributed by atoms with Crippen LogP contribution in [0.1, 0.15) is 5.56 Å². The number of imidazole rings is 1. The molecule has 0 bridgehead atoms. The Morgan fingerprint density at radius 2 is 2.05 bits per heavy atom. The van der Waals surface area contributed by atoms with Crippen LogP contribution in [0.5, 0.6) is 6.01 Å². The van der Waals surface area contributed by atoms with Gasteiger partial charge in [0.25, 0.3) is 0 Å². The lowest BCUT2D eigenvalue weighted by atomic mass is 10.2. The second-order valence-electron chi connectivity index (χ2n) is 4.13. The first kappa shape index (κ1) is 13.0. The first-order chi connectivity index (χ1) is 10.2. The van der Waals surface area contributed by atoms with Gasteiger partial charge in [-0.1, -0.05) is 18.2 Å². The largest absolute Gasteiger partial charge is 0.458 e. The molecule has 0 aliphatic heterocycles. The van der Waals surface area contributed by atoms with Crippen LogP contribution in [0.4, 0.5) is 10.3 Å². The van der Waals surface area contributed by atoms with E-state index >= 15 is 0 Å². The Morgan fingerprint density at radius 3 is 2.81 bits per heavy atom. The number of aromatic nitrogens is 5. The van der Waals surface area contributed by atoms with Gasteiger partial charge in [-0.2, -0.15) is 15.0 Å². The van der Waals surface area contributed by atoms with Crippen molar-refractivity contribution in [2.24, 2.45) is 0 Å². The summed E-state index contributed by atoms with van der Waals surface area (Å²) in [6.45, 7) is -0.000501. The average molecular weight is 286 g/mol. The number of hydrogen-bond acceptors (Lipinski definition) is 6. The zero-order valence-electron chi connectivity index (χ0n) is 10.8. The Hall–Kier alpha value is -3.03. The summed E-state index contributed by atoms with van der Waals surface area (Å²) < 4.78 is 20.4. The molecule has 0 fully saturated rings. The molecule has 2 heterocycles. The number of benzene rings is 1. The molecular weight excluding hydrogens is 275 g/mol. The van der Waals surface area contributed by atoms with Crippen LogP contribution in [-0.2, 0) is 6.61 Å². The van der Waals surface area contributed by atoms with Crippen LogP contribution in [0.2, 0.25) is 0 Å². The van der Waals surface area contributed by atoms with Crippen LogP contribution in [-0.4, -0.2) is 24.5 Å². The quantitative estimate of drug-likeness (QED) is 0.778. The molecule has 0 saturated heterocycles. The van der Waals surface area contributed by atoms with Crippen LogP contribution in [0.3, 0.4) is 0 Å². The van der Waals surface area contributed by atoms with E-state index in [1.54, 1.807) is 35.2 Å². The molecule has 106 valence electrons. The van der Waals surface area contributed by atoms with Crippen LogP contribution in [0.25, 0.3) is 5.95 Å². The number of halogens is 1. The summed E-state index contributed by atoms with van der Waals surface area (Å²) >= 11 is 0. The molecule has 0 amide bonds. The van der Waals surface area contributed by atoms with Crippen LogP contribution in [0.15, 0.2) is 43.0 Å². The van der Waals surface area contributed by atoms with Crippen LogP contribution >= 0.6 is 0 Å². The molecule has 3 rings (SSSR count). The first-order valence-corrected chi connectivity index (χ1v) is 6.08. The topological polar surface area (TPSA) is 91.7 Å². The summed E-state index contributed by atoms with van der Waals surface area (Å²) in [6.07, 6.45) is 4.77. The summed E-state index contributed by atoms with van der Waals surface area (Å²) in [5, 5.41) is 0. The van der Waals surface area contributed by atoms with Crippen molar-refractivity contribution in [3.63, 3.8) is 0 Å². The zero-order chi connectivity index (χ0) is 14.7. The van der Waals surface area contributed by atoms with E-state index in [4.69, 9.17) is 10.5 Å². The van der Waals surface area contributed by atoms with E-state index in [9.17, 15) is 4.39 Å². The number of nitrogens with zero attached hydrogens (tertiary/aromatic N) is 5. The Bertz CT molecular complexity index is 746. The monoisotopic (exact) mass is 286 g/mol. The van der Waals surface area contributed by atoms with Gasteiger partial charge >= 0.3 is 6.01 Å². The van der Waals surface area contributed by atoms with Crippen LogP contribution < -0.4 is 10.5 Å². The van der Waals surface area contributed by atoms with Crippen molar-refractivity contribution in [1.82, 2.24) is 24.5 Å². The average Bonchev–Trinajstić information content (AvgIpc) is 3.00. The predicted molar refractivity (Wildman–Crippen MR) is 72.1 cm³/mol. The maximum Gasteiger partial charge on any atom is 0.323 e. The molecule has 0 spiro atoms. The van der Waals surface area contributed by atoms with Gasteiger partial charge in [0.2, 0.25) is 11.9 Å². The number of nitrogen functional groups attached to an aromatic ring is 1. The minimum absolute atomic E-state index is 0.000501. The SMILES string of the molecule is Nc1nc(OCc2ccccc2F)nc(-n2ccnc2)n1. The highest BCUT2D eigenvalue weighted by molar-refractivity contribution is 5.25. The van der Waals surface area contributed by atoms with Crippen molar-refractivity contribution in [3.8, 4) is 12.0 Å². The molecule has 21 heavy (non-hydrogen) atoms. The van der Waals surface area contributed by atoms with E-state index in [1.165, 1.54) is 12.4 Å². The lowest BCUT2D eigenvalue weighted by Gasteiger charge is -2.07. The van der Waals surface area contributed by atoms with Gasteiger partial charge in [-0.25, -0.2) is 9.37 Å². The Kier molecular flexibility index (Phi) is 3.42. The van der Waals surface area contributed by atoms with Gasteiger partial charge in [0.15, 0.2) is 0 Å². The van der Waals surface area contributed by atoms with Crippen molar-refractivity contribution >= 4 is 5.95 Å². The highest BCUT2D eigenvalue weighted by Gasteiger charge is 2.08. The second kappa shape index (κ2) is 5.53. The third kappa shape index (κ3) is 2.94. The van der Waals surface area contributed by atoms with Gasteiger partial charge < -0.3 is 10.5 Å². The lowest BCUT2D eigenvalue weighted by molar-refractivity contribution is 0.274. The fourth-order valence-corrected chi connectivity index (χ4v) is 1.68. The van der Waals surface area contributed by atoms with Crippen molar-refractivity contribution in [1.29, 1.82) is 0 Å². The molecule has 0 aliphatic carbocycles. The normalized spacial score (nSPS) is 10.5. The number of nitrogens with two attached hydrogens (primary N) is 1. The maximum absolute atomic E-state index is 13.5. The van der Waals surface area contributed by atoms with Gasteiger partial charge in [0.1, 0.15) is 18.8 Å². The zero-order valence-corrected chi connectivity index (χ0v) is 10.8. The number of rotatable bonds is 4. The summed E-state index contributed by atoms with van der Waals surface area (Å²) in [7, 11) is 0. The van der Waals surface area contributed by atoms with E-state index in [0.29, 0.717) is 5.56 Å². The van der Waals surface area contributed by atoms with Gasteiger partial charge in [0, 0.05) is 18.0 Å². The van der Waals surface area contributed by atoms with Crippen molar-refractivity contribution < 1.29 is 9.13 Å². The molecule has 2 aromatic heterocycles. The Labute approximate surface area is 119 Å². The fraction of sp³-hybridized carbons (Fsp3) is 0.0769. The predicted octanol–water partition coefficient (Wildman–Crippen LogP) is 1.36. The highest BCUT2D eigenvalue weighted by Crippen LogP contribution is 2.12. The Morgan fingerprint density at radius 1 is 1.19 bits per heavy atom. The highest BCUT2D eigenvalue weighted by atomic mass is 19.1. The van der Waals surface area contributed by atoms with Crippen molar-refractivity contribution in [2.75, 3.05) is 5.73 Å². The van der Waals surface area contributed by atoms with Gasteiger partial charge in [-0.05, 0) is 6.07 Å². The lowest BCUT2D eigenvalue weighted by Crippen LogP contribution is -2.08. The van der Waals surface area contributed by atoms with Crippen molar-refractivity contribution in [3.05, 3.63) is 54.4 Å². The fourth-order valence-electron chi connectivity index (χ4n) is 1.68. The van der Waals surface area contributed by atoms with E-state index in [2.05, 4.69) is 19.9 Å². The molecule has 0 saturated carbocycles. The summed E-state index contributed by atoms with van der Waals surface area (Å²) in [5.41, 5.74) is 6.02. The molecule has 0 atom stereocenters. The molecule has 8 heteroatoms. The molecule has 3 aromatic rings. The second-order valence-corrected chi connectivity index (χ2v) is 4.13. The standard InChI is InChI=1S/C13H11FN6O/c14-10-4-2-1-3-9(10)7-21-13-18-11(15)17-12(19-13)20-6-5-16-8-20/h1-6,8H,7H2,(H2,15,17,18,19). The molecule has 1 aromatic carbocycles. The molecule has 0 unspecified atom stereocenters. The first-order valence-electron chi connectivity index (χ1n) is 6.08. The van der Waals surface area contributed by atoms with E-state index in [0.717, 1.165) is 0 Å². The third-order valence-electron chi connectivity index (χ3n) is 2.67. The smallest absolute Gasteiger partial charge is 0.323 e. The van der Waals surface area contributed by atoms with Gasteiger partial charge in [-0.3, -0.25) is 4.57 Å². The molecule has 0 radical (unpaired) electrons. The minimum Gasteiger partial charge on any atom is -0.458 e. The third-order valence-corrected chi connectivity index (χ3v) is 2.67.